The van der Waals surface area contributed by atoms with Crippen LogP contribution in [0.1, 0.15) is 51.7 Å². The molecule has 1 radical (unpaired) electrons. The molecule has 0 aliphatic rings. The van der Waals surface area contributed by atoms with E-state index >= 15 is 0 Å². The molecule has 4 heterocycles. The van der Waals surface area contributed by atoms with Crippen molar-refractivity contribution in [3.05, 3.63) is 133 Å². The number of rotatable bonds is 6. The van der Waals surface area contributed by atoms with Crippen LogP contribution in [0.2, 0.25) is 17.3 Å². The summed E-state index contributed by atoms with van der Waals surface area (Å²) < 4.78 is 7.78. The number of benzene rings is 3. The van der Waals surface area contributed by atoms with E-state index in [0.717, 1.165) is 56.4 Å². The average molecular weight is 897 g/mol. The molecule has 0 unspecified atom stereocenters. The Labute approximate surface area is 313 Å². The quantitative estimate of drug-likeness (QED) is 0.123. The predicted molar refractivity (Wildman–Crippen MR) is 208 cm³/mol. The van der Waals surface area contributed by atoms with Crippen LogP contribution in [0, 0.1) is 17.5 Å². The summed E-state index contributed by atoms with van der Waals surface area (Å²) in [5.41, 5.74) is 10.5. The molecule has 3 aromatic carbocycles. The Bertz CT molecular complexity index is 2200. The zero-order chi connectivity index (χ0) is 34.8. The number of nitrogens with zero attached hydrogens (tertiary/aromatic N) is 3. The molecule has 0 fully saturated rings. The molecule has 257 valence electrons. The van der Waals surface area contributed by atoms with Crippen LogP contribution >= 0.6 is 0 Å². The van der Waals surface area contributed by atoms with Crippen LogP contribution in [0.15, 0.2) is 114 Å². The minimum atomic E-state index is -1.85. The van der Waals surface area contributed by atoms with Crippen molar-refractivity contribution < 1.29 is 24.5 Å². The summed E-state index contributed by atoms with van der Waals surface area (Å²) >= 11 is -1.85. The largest absolute Gasteiger partial charge is 0 e. The summed E-state index contributed by atoms with van der Waals surface area (Å²) in [4.78, 5) is 13.8. The van der Waals surface area contributed by atoms with Gasteiger partial charge in [-0.1, -0.05) is 73.7 Å². The van der Waals surface area contributed by atoms with Crippen molar-refractivity contribution in [1.29, 1.82) is 0 Å². The molecule has 0 amide bonds. The first-order valence-corrected chi connectivity index (χ1v) is 24.4. The Morgan fingerprint density at radius 1 is 0.780 bits per heavy atom. The van der Waals surface area contributed by atoms with Crippen LogP contribution in [-0.4, -0.2) is 28.2 Å². The van der Waals surface area contributed by atoms with Crippen molar-refractivity contribution in [2.45, 2.75) is 64.2 Å². The summed E-state index contributed by atoms with van der Waals surface area (Å²) in [6.45, 7) is 11.3. The Kier molecular flexibility index (Phi) is 11.6. The van der Waals surface area contributed by atoms with Crippen LogP contribution in [-0.2, 0) is 26.5 Å². The van der Waals surface area contributed by atoms with E-state index in [-0.39, 0.29) is 25.5 Å². The van der Waals surface area contributed by atoms with Gasteiger partial charge in [0.05, 0.1) is 5.58 Å². The monoisotopic (exact) mass is 898 g/mol. The molecule has 4 nitrogen and oxygen atoms in total. The van der Waals surface area contributed by atoms with Gasteiger partial charge in [0.1, 0.15) is 0 Å². The van der Waals surface area contributed by atoms with Crippen LogP contribution in [0.4, 0.5) is 0 Å². The Hall–Kier alpha value is -3.90. The normalized spacial score (nSPS) is 11.7. The fourth-order valence-corrected chi connectivity index (χ4v) is 9.84. The van der Waals surface area contributed by atoms with E-state index < -0.39 is 13.3 Å². The van der Waals surface area contributed by atoms with Crippen LogP contribution in [0.25, 0.3) is 55.7 Å². The molecule has 0 N–H and O–H groups in total. The Balaban J connectivity index is 0.000000211. The second kappa shape index (κ2) is 15.6. The van der Waals surface area contributed by atoms with Crippen LogP contribution in [0.5, 0.6) is 0 Å². The number of hydrogen-bond donors (Lipinski definition) is 0. The SMILES string of the molecule is CC(C)(C)Cc1ccnc(-c2[c-]ccc3c2oc2nccc(-c4ccccc4)c23)c1.CC(C)c1cc(-c2[c-]cccc2)nc[c]1[Ge]([CH3])([CH3])[CH3].[Ir]. The molecule has 0 spiro atoms. The third-order valence-electron chi connectivity index (χ3n) is 8.58. The van der Waals surface area contributed by atoms with Gasteiger partial charge in [-0.15, -0.1) is 18.2 Å². The standard InChI is InChI=1S/C27H23N2O.C17H22GeN.Ir/c1-27(2,3)17-18-12-14-28-23(16-18)21-10-7-11-22-24-20(19-8-5-4-6-9-19)13-15-29-26(24)30-25(21)22;1-13(2)15-11-17(14-9-7-6-8-10-14)19-12-16(15)18(3,4)5;/h4-9,11-16H,17H2,1-3H3;6-9,11-13H,1-5H3;/q2*-1;. The fraction of sp³-hybridized carbons (Fsp3) is 0.250. The molecule has 7 aromatic rings. The summed E-state index contributed by atoms with van der Waals surface area (Å²) in [7, 11) is 0. The third kappa shape index (κ3) is 8.51. The topological polar surface area (TPSA) is 51.8 Å². The van der Waals surface area contributed by atoms with Gasteiger partial charge in [0.15, 0.2) is 0 Å². The molecule has 0 atom stereocenters. The summed E-state index contributed by atoms with van der Waals surface area (Å²) in [5, 5.41) is 2.06. The van der Waals surface area contributed by atoms with Crippen molar-refractivity contribution in [2.75, 3.05) is 0 Å². The van der Waals surface area contributed by atoms with E-state index in [1.54, 1.807) is 6.20 Å². The number of pyridine rings is 3. The number of hydrogen-bond acceptors (Lipinski definition) is 4. The van der Waals surface area contributed by atoms with Gasteiger partial charge in [0, 0.05) is 37.9 Å². The van der Waals surface area contributed by atoms with Crippen molar-refractivity contribution in [1.82, 2.24) is 15.0 Å². The van der Waals surface area contributed by atoms with Gasteiger partial charge in [-0.2, -0.15) is 0 Å². The van der Waals surface area contributed by atoms with Gasteiger partial charge in [-0.3, -0.25) is 0 Å². The zero-order valence-corrected chi connectivity index (χ0v) is 34.8. The van der Waals surface area contributed by atoms with Crippen molar-refractivity contribution in [3.8, 4) is 33.6 Å². The van der Waals surface area contributed by atoms with Gasteiger partial charge in [-0.25, -0.2) is 4.98 Å². The number of aromatic nitrogens is 3. The molecule has 0 saturated heterocycles. The van der Waals surface area contributed by atoms with Crippen LogP contribution < -0.4 is 4.40 Å². The second-order valence-corrected chi connectivity index (χ2v) is 25.8. The summed E-state index contributed by atoms with van der Waals surface area (Å²) in [6, 6.07) is 37.6. The first-order chi connectivity index (χ1) is 23.4. The zero-order valence-electron chi connectivity index (χ0n) is 30.3. The molecule has 6 heteroatoms. The van der Waals surface area contributed by atoms with Gasteiger partial charge in [0.2, 0.25) is 5.71 Å². The average Bonchev–Trinajstić information content (AvgIpc) is 3.47. The molecular formula is C44H45GeIrN3O-2. The molecule has 0 saturated carbocycles. The van der Waals surface area contributed by atoms with E-state index in [1.165, 1.54) is 15.5 Å². The maximum atomic E-state index is 6.26. The van der Waals surface area contributed by atoms with Crippen molar-refractivity contribution in [3.63, 3.8) is 0 Å². The van der Waals surface area contributed by atoms with E-state index in [0.29, 0.717) is 11.6 Å². The van der Waals surface area contributed by atoms with E-state index in [2.05, 4.69) is 128 Å². The molecule has 50 heavy (non-hydrogen) atoms. The first-order valence-electron chi connectivity index (χ1n) is 17.1. The van der Waals surface area contributed by atoms with Gasteiger partial charge >= 0.3 is 119 Å². The maximum absolute atomic E-state index is 6.26. The molecule has 0 aliphatic heterocycles. The molecule has 4 aromatic heterocycles. The molecule has 0 aliphatic carbocycles. The number of furan rings is 1. The fourth-order valence-electron chi connectivity index (χ4n) is 6.32. The first kappa shape index (κ1) is 37.4. The van der Waals surface area contributed by atoms with Crippen molar-refractivity contribution in [2.24, 2.45) is 5.41 Å². The number of fused-ring (bicyclic) bond motifs is 3. The van der Waals surface area contributed by atoms with E-state index in [9.17, 15) is 0 Å². The van der Waals surface area contributed by atoms with E-state index in [4.69, 9.17) is 4.42 Å². The molecular weight excluding hydrogens is 851 g/mol. The predicted octanol–water partition coefficient (Wildman–Crippen LogP) is 11.3. The summed E-state index contributed by atoms with van der Waals surface area (Å²) in [5.74, 6) is 7.83. The Morgan fingerprint density at radius 2 is 1.52 bits per heavy atom. The van der Waals surface area contributed by atoms with E-state index in [1.807, 2.05) is 54.7 Å². The molecule has 7 rings (SSSR count). The maximum Gasteiger partial charge on any atom is 0 e. The smallest absolute Gasteiger partial charge is 0 e. The van der Waals surface area contributed by atoms with Crippen molar-refractivity contribution >= 4 is 39.7 Å². The Morgan fingerprint density at radius 3 is 2.20 bits per heavy atom. The van der Waals surface area contributed by atoms with Gasteiger partial charge < -0.3 is 9.40 Å². The third-order valence-corrected chi connectivity index (χ3v) is 12.9. The van der Waals surface area contributed by atoms with Gasteiger partial charge in [-0.05, 0) is 40.8 Å². The minimum absolute atomic E-state index is 0. The van der Waals surface area contributed by atoms with Crippen LogP contribution in [0.3, 0.4) is 0 Å². The second-order valence-electron chi connectivity index (χ2n) is 15.2. The minimum Gasteiger partial charge on any atom is 0 e. The summed E-state index contributed by atoms with van der Waals surface area (Å²) in [6.07, 6.45) is 6.78. The van der Waals surface area contributed by atoms with Gasteiger partial charge in [0.25, 0.3) is 0 Å². The molecule has 0 bridgehead atoms.